The Kier molecular flexibility index (Phi) is 5.00. The third-order valence-electron chi connectivity index (χ3n) is 3.11. The summed E-state index contributed by atoms with van der Waals surface area (Å²) < 4.78 is 2.00. The fourth-order valence-electron chi connectivity index (χ4n) is 2.06. The highest BCUT2D eigenvalue weighted by Crippen LogP contribution is 2.27. The lowest BCUT2D eigenvalue weighted by molar-refractivity contribution is 0.102. The third kappa shape index (κ3) is 3.49. The van der Waals surface area contributed by atoms with Crippen molar-refractivity contribution in [3.63, 3.8) is 0 Å². The van der Waals surface area contributed by atoms with Gasteiger partial charge in [-0.15, -0.1) is 0 Å². The average molecular weight is 397 g/mol. The monoisotopic (exact) mass is 395 g/mol. The predicted molar refractivity (Wildman–Crippen MR) is 90.4 cm³/mol. The predicted octanol–water partition coefficient (Wildman–Crippen LogP) is 5.33. The zero-order chi connectivity index (χ0) is 14.7. The van der Waals surface area contributed by atoms with E-state index in [1.807, 2.05) is 31.2 Å². The number of amides is 1. The molecular weight excluding hydrogens is 382 g/mol. The minimum Gasteiger partial charge on any atom is -0.321 e. The lowest BCUT2D eigenvalue weighted by Crippen LogP contribution is -2.14. The first-order chi connectivity index (χ1) is 9.51. The summed E-state index contributed by atoms with van der Waals surface area (Å²) in [4.78, 5) is 12.3. The van der Waals surface area contributed by atoms with Gasteiger partial charge in [0.15, 0.2) is 0 Å². The summed E-state index contributed by atoms with van der Waals surface area (Å²) in [5.74, 6) is -0.0855. The van der Waals surface area contributed by atoms with Crippen LogP contribution in [0.25, 0.3) is 0 Å². The largest absolute Gasteiger partial charge is 0.321 e. The average Bonchev–Trinajstić information content (AvgIpc) is 2.42. The smallest absolute Gasteiger partial charge is 0.255 e. The lowest BCUT2D eigenvalue weighted by Gasteiger charge is -2.14. The van der Waals surface area contributed by atoms with Crippen molar-refractivity contribution < 1.29 is 4.79 Å². The summed E-state index contributed by atoms with van der Waals surface area (Å²) in [6.45, 7) is 4.08. The zero-order valence-corrected chi connectivity index (χ0v) is 14.5. The summed E-state index contributed by atoms with van der Waals surface area (Å²) >= 11 is 6.86. The molecule has 0 aliphatic rings. The van der Waals surface area contributed by atoms with Crippen molar-refractivity contribution in [1.82, 2.24) is 0 Å². The summed E-state index contributed by atoms with van der Waals surface area (Å²) in [7, 11) is 0. The second kappa shape index (κ2) is 6.55. The van der Waals surface area contributed by atoms with Crippen molar-refractivity contribution in [3.05, 3.63) is 62.0 Å². The normalized spacial score (nSPS) is 10.4. The van der Waals surface area contributed by atoms with Crippen LogP contribution in [0.1, 0.15) is 28.4 Å². The quantitative estimate of drug-likeness (QED) is 0.745. The van der Waals surface area contributed by atoms with E-state index in [4.69, 9.17) is 0 Å². The van der Waals surface area contributed by atoms with Gasteiger partial charge in [-0.1, -0.05) is 38.8 Å². The molecule has 0 aliphatic heterocycles. The molecule has 1 N–H and O–H groups in total. The number of hydrogen-bond donors (Lipinski definition) is 1. The third-order valence-corrected chi connectivity index (χ3v) is 4.09. The number of nitrogens with one attached hydrogen (secondary N) is 1. The Bertz CT molecular complexity index is 636. The molecule has 0 saturated heterocycles. The van der Waals surface area contributed by atoms with Crippen molar-refractivity contribution in [2.24, 2.45) is 0 Å². The van der Waals surface area contributed by atoms with Gasteiger partial charge in [-0.05, 0) is 60.9 Å². The van der Waals surface area contributed by atoms with E-state index in [2.05, 4.69) is 44.1 Å². The molecule has 2 aromatic carbocycles. The standard InChI is InChI=1S/C16H15Br2NO/c1-3-11-9-14(18)8-10(2)15(11)19-16(20)12-4-6-13(17)7-5-12/h4-9H,3H2,1-2H3,(H,19,20). The molecule has 1 amide bonds. The molecule has 0 unspecified atom stereocenters. The zero-order valence-electron chi connectivity index (χ0n) is 11.3. The van der Waals surface area contributed by atoms with Gasteiger partial charge in [-0.2, -0.15) is 0 Å². The summed E-state index contributed by atoms with van der Waals surface area (Å²) in [6, 6.07) is 11.4. The van der Waals surface area contributed by atoms with Gasteiger partial charge in [0.2, 0.25) is 0 Å². The van der Waals surface area contributed by atoms with Gasteiger partial charge in [0.25, 0.3) is 5.91 Å². The second-order valence-electron chi connectivity index (χ2n) is 4.57. The van der Waals surface area contributed by atoms with E-state index in [-0.39, 0.29) is 5.91 Å². The van der Waals surface area contributed by atoms with E-state index in [1.54, 1.807) is 12.1 Å². The number of anilines is 1. The van der Waals surface area contributed by atoms with E-state index >= 15 is 0 Å². The van der Waals surface area contributed by atoms with Crippen LogP contribution in [0.5, 0.6) is 0 Å². The number of aryl methyl sites for hydroxylation is 2. The van der Waals surface area contributed by atoms with Gasteiger partial charge >= 0.3 is 0 Å². The number of halogens is 2. The Balaban J connectivity index is 2.30. The van der Waals surface area contributed by atoms with Crippen LogP contribution in [0.4, 0.5) is 5.69 Å². The highest BCUT2D eigenvalue weighted by atomic mass is 79.9. The van der Waals surface area contributed by atoms with Crippen LogP contribution in [0.15, 0.2) is 45.3 Å². The molecule has 0 spiro atoms. The number of hydrogen-bond acceptors (Lipinski definition) is 1. The molecule has 20 heavy (non-hydrogen) atoms. The fraction of sp³-hybridized carbons (Fsp3) is 0.188. The Morgan fingerprint density at radius 1 is 1.10 bits per heavy atom. The van der Waals surface area contributed by atoms with E-state index in [9.17, 15) is 4.79 Å². The Morgan fingerprint density at radius 3 is 2.35 bits per heavy atom. The van der Waals surface area contributed by atoms with Crippen LogP contribution in [0, 0.1) is 6.92 Å². The van der Waals surface area contributed by atoms with Gasteiger partial charge in [0.1, 0.15) is 0 Å². The molecule has 4 heteroatoms. The SMILES string of the molecule is CCc1cc(Br)cc(C)c1NC(=O)c1ccc(Br)cc1. The maximum Gasteiger partial charge on any atom is 0.255 e. The van der Waals surface area contributed by atoms with E-state index in [0.717, 1.165) is 32.2 Å². The Labute approximate surface area is 135 Å². The molecule has 104 valence electrons. The lowest BCUT2D eigenvalue weighted by atomic mass is 10.1. The van der Waals surface area contributed by atoms with Crippen molar-refractivity contribution in [2.45, 2.75) is 20.3 Å². The molecule has 0 radical (unpaired) electrons. The van der Waals surface area contributed by atoms with Crippen LogP contribution in [-0.4, -0.2) is 5.91 Å². The van der Waals surface area contributed by atoms with Crippen LogP contribution >= 0.6 is 31.9 Å². The van der Waals surface area contributed by atoms with Crippen molar-refractivity contribution in [3.8, 4) is 0 Å². The first-order valence-corrected chi connectivity index (χ1v) is 7.95. The topological polar surface area (TPSA) is 29.1 Å². The van der Waals surface area contributed by atoms with Crippen LogP contribution in [0.3, 0.4) is 0 Å². The first kappa shape index (κ1) is 15.3. The van der Waals surface area contributed by atoms with E-state index in [1.165, 1.54) is 0 Å². The number of carbonyl (C=O) groups excluding carboxylic acids is 1. The van der Waals surface area contributed by atoms with Gasteiger partial charge in [0, 0.05) is 20.2 Å². The maximum atomic E-state index is 12.3. The number of benzene rings is 2. The molecule has 2 rings (SSSR count). The first-order valence-electron chi connectivity index (χ1n) is 6.37. The van der Waals surface area contributed by atoms with Crippen molar-refractivity contribution >= 4 is 43.5 Å². The fourth-order valence-corrected chi connectivity index (χ4v) is 2.94. The molecule has 0 aromatic heterocycles. The summed E-state index contributed by atoms with van der Waals surface area (Å²) in [6.07, 6.45) is 0.871. The maximum absolute atomic E-state index is 12.3. The molecule has 0 bridgehead atoms. The number of rotatable bonds is 3. The number of carbonyl (C=O) groups is 1. The van der Waals surface area contributed by atoms with E-state index in [0.29, 0.717) is 5.56 Å². The molecule has 0 fully saturated rings. The molecule has 0 atom stereocenters. The molecule has 0 aliphatic carbocycles. The summed E-state index contributed by atoms with van der Waals surface area (Å²) in [5, 5.41) is 3.02. The molecule has 0 heterocycles. The second-order valence-corrected chi connectivity index (χ2v) is 6.40. The minimum absolute atomic E-state index is 0.0855. The molecular formula is C16H15Br2NO. The van der Waals surface area contributed by atoms with Gasteiger partial charge in [-0.3, -0.25) is 4.79 Å². The van der Waals surface area contributed by atoms with Crippen molar-refractivity contribution in [2.75, 3.05) is 5.32 Å². The summed E-state index contributed by atoms with van der Waals surface area (Å²) in [5.41, 5.74) is 3.74. The van der Waals surface area contributed by atoms with E-state index < -0.39 is 0 Å². The van der Waals surface area contributed by atoms with Crippen LogP contribution in [-0.2, 0) is 6.42 Å². The highest BCUT2D eigenvalue weighted by molar-refractivity contribution is 9.10. The van der Waals surface area contributed by atoms with Crippen LogP contribution < -0.4 is 5.32 Å². The van der Waals surface area contributed by atoms with Gasteiger partial charge < -0.3 is 5.32 Å². The van der Waals surface area contributed by atoms with Gasteiger partial charge in [0.05, 0.1) is 0 Å². The molecule has 0 saturated carbocycles. The van der Waals surface area contributed by atoms with Crippen LogP contribution in [0.2, 0.25) is 0 Å². The molecule has 2 nitrogen and oxygen atoms in total. The Morgan fingerprint density at radius 2 is 1.75 bits per heavy atom. The minimum atomic E-state index is -0.0855. The molecule has 2 aromatic rings. The Hall–Kier alpha value is -1.13. The van der Waals surface area contributed by atoms with Gasteiger partial charge in [-0.25, -0.2) is 0 Å². The highest BCUT2D eigenvalue weighted by Gasteiger charge is 2.11. The van der Waals surface area contributed by atoms with Crippen molar-refractivity contribution in [1.29, 1.82) is 0 Å².